The predicted octanol–water partition coefficient (Wildman–Crippen LogP) is 2.48. The van der Waals surface area contributed by atoms with E-state index in [0.29, 0.717) is 13.1 Å². The van der Waals surface area contributed by atoms with Crippen molar-refractivity contribution in [2.24, 2.45) is 15.8 Å². The lowest BCUT2D eigenvalue weighted by molar-refractivity contribution is -0.138. The molecule has 0 aromatic rings. The standard InChI is InChI=1S/C18H36N4O2.HI/c1-17(2,3)14(24-7)12-20-16(19-4)21-13-18(10-8-9-11-18)15(23)22(5)6;/h14H,8-13H2,1-7H3,(H2,19,20,21);1H. The zero-order valence-electron chi connectivity index (χ0n) is 16.9. The van der Waals surface area contributed by atoms with Crippen LogP contribution in [0.2, 0.25) is 0 Å². The molecule has 1 unspecified atom stereocenters. The van der Waals surface area contributed by atoms with Crippen LogP contribution in [0.1, 0.15) is 46.5 Å². The molecule has 1 amide bonds. The Morgan fingerprint density at radius 3 is 2.20 bits per heavy atom. The molecule has 6 nitrogen and oxygen atoms in total. The van der Waals surface area contributed by atoms with Crippen molar-refractivity contribution in [3.63, 3.8) is 0 Å². The van der Waals surface area contributed by atoms with E-state index in [0.717, 1.165) is 31.6 Å². The first-order valence-electron chi connectivity index (χ1n) is 8.85. The number of aliphatic imine (C=N–C) groups is 1. The highest BCUT2D eigenvalue weighted by atomic mass is 127. The molecule has 1 aliphatic rings. The molecule has 0 spiro atoms. The van der Waals surface area contributed by atoms with Crippen molar-refractivity contribution in [1.82, 2.24) is 15.5 Å². The van der Waals surface area contributed by atoms with Crippen molar-refractivity contribution in [2.75, 3.05) is 41.3 Å². The van der Waals surface area contributed by atoms with E-state index in [1.807, 2.05) is 14.1 Å². The van der Waals surface area contributed by atoms with Crippen molar-refractivity contribution in [2.45, 2.75) is 52.6 Å². The molecular weight excluding hydrogens is 431 g/mol. The third-order valence-corrected chi connectivity index (χ3v) is 4.94. The van der Waals surface area contributed by atoms with Gasteiger partial charge in [-0.1, -0.05) is 33.6 Å². The second-order valence-corrected chi connectivity index (χ2v) is 8.08. The molecular formula is C18H37IN4O2. The van der Waals surface area contributed by atoms with Crippen LogP contribution >= 0.6 is 24.0 Å². The summed E-state index contributed by atoms with van der Waals surface area (Å²) in [7, 11) is 7.16. The first-order valence-corrected chi connectivity index (χ1v) is 8.85. The number of ether oxygens (including phenoxy) is 1. The molecule has 0 saturated heterocycles. The maximum atomic E-state index is 12.6. The van der Waals surface area contributed by atoms with Gasteiger partial charge in [0.05, 0.1) is 11.5 Å². The van der Waals surface area contributed by atoms with Crippen LogP contribution in [-0.2, 0) is 9.53 Å². The summed E-state index contributed by atoms with van der Waals surface area (Å²) in [5.74, 6) is 0.937. The predicted molar refractivity (Wildman–Crippen MR) is 115 cm³/mol. The second kappa shape index (κ2) is 10.5. The van der Waals surface area contributed by atoms with E-state index in [1.54, 1.807) is 19.1 Å². The smallest absolute Gasteiger partial charge is 0.230 e. The number of nitrogens with one attached hydrogen (secondary N) is 2. The molecule has 0 aromatic heterocycles. The summed E-state index contributed by atoms with van der Waals surface area (Å²) in [6.45, 7) is 7.76. The van der Waals surface area contributed by atoms with Gasteiger partial charge >= 0.3 is 0 Å². The van der Waals surface area contributed by atoms with Crippen molar-refractivity contribution in [3.05, 3.63) is 0 Å². The normalized spacial score (nSPS) is 18.3. The number of hydrogen-bond donors (Lipinski definition) is 2. The summed E-state index contributed by atoms with van der Waals surface area (Å²) in [6, 6.07) is 0. The number of methoxy groups -OCH3 is 1. The Labute approximate surface area is 170 Å². The van der Waals surface area contributed by atoms with Crippen LogP contribution in [0.4, 0.5) is 0 Å². The number of amides is 1. The van der Waals surface area contributed by atoms with Crippen LogP contribution in [0.25, 0.3) is 0 Å². The quantitative estimate of drug-likeness (QED) is 0.357. The molecule has 0 heterocycles. The molecule has 0 aromatic carbocycles. The van der Waals surface area contributed by atoms with Gasteiger partial charge in [-0.3, -0.25) is 9.79 Å². The van der Waals surface area contributed by atoms with Crippen molar-refractivity contribution >= 4 is 35.8 Å². The number of halogens is 1. The Bertz CT molecular complexity index is 441. The van der Waals surface area contributed by atoms with E-state index in [1.165, 1.54) is 0 Å². The largest absolute Gasteiger partial charge is 0.379 e. The zero-order valence-corrected chi connectivity index (χ0v) is 19.3. The van der Waals surface area contributed by atoms with Gasteiger partial charge in [0.25, 0.3) is 0 Å². The fraction of sp³-hybridized carbons (Fsp3) is 0.889. The fourth-order valence-corrected chi connectivity index (χ4v) is 3.40. The molecule has 1 atom stereocenters. The van der Waals surface area contributed by atoms with Crippen LogP contribution in [0, 0.1) is 10.8 Å². The van der Waals surface area contributed by atoms with E-state index in [2.05, 4.69) is 36.4 Å². The molecule has 148 valence electrons. The van der Waals surface area contributed by atoms with Crippen LogP contribution in [-0.4, -0.2) is 64.2 Å². The number of guanidine groups is 1. The van der Waals surface area contributed by atoms with Gasteiger partial charge in [-0.2, -0.15) is 0 Å². The molecule has 0 bridgehead atoms. The number of nitrogens with zero attached hydrogens (tertiary/aromatic N) is 2. The monoisotopic (exact) mass is 468 g/mol. The second-order valence-electron chi connectivity index (χ2n) is 8.08. The summed E-state index contributed by atoms with van der Waals surface area (Å²) in [5.41, 5.74) is -0.250. The molecule has 7 heteroatoms. The van der Waals surface area contributed by atoms with Gasteiger partial charge < -0.3 is 20.3 Å². The minimum Gasteiger partial charge on any atom is -0.379 e. The Hall–Kier alpha value is -0.570. The molecule has 1 rings (SSSR count). The van der Waals surface area contributed by atoms with Crippen LogP contribution in [0.3, 0.4) is 0 Å². The van der Waals surface area contributed by atoms with E-state index in [4.69, 9.17) is 4.74 Å². The maximum absolute atomic E-state index is 12.6. The van der Waals surface area contributed by atoms with Crippen LogP contribution in [0.15, 0.2) is 4.99 Å². The Kier molecular flexibility index (Phi) is 10.3. The lowest BCUT2D eigenvalue weighted by atomic mass is 9.84. The highest BCUT2D eigenvalue weighted by molar-refractivity contribution is 14.0. The third-order valence-electron chi connectivity index (χ3n) is 4.94. The highest BCUT2D eigenvalue weighted by Gasteiger charge is 2.42. The average Bonchev–Trinajstić information content (AvgIpc) is 2.98. The number of carbonyl (C=O) groups excluding carboxylic acids is 1. The number of hydrogen-bond acceptors (Lipinski definition) is 3. The number of carbonyl (C=O) groups is 1. The van der Waals surface area contributed by atoms with Gasteiger partial charge in [-0.25, -0.2) is 0 Å². The van der Waals surface area contributed by atoms with Gasteiger partial charge in [0, 0.05) is 41.3 Å². The summed E-state index contributed by atoms with van der Waals surface area (Å²) < 4.78 is 5.57. The van der Waals surface area contributed by atoms with Gasteiger partial charge in [0.1, 0.15) is 0 Å². The molecule has 1 aliphatic carbocycles. The molecule has 1 fully saturated rings. The average molecular weight is 468 g/mol. The van der Waals surface area contributed by atoms with E-state index in [-0.39, 0.29) is 46.8 Å². The third kappa shape index (κ3) is 6.92. The van der Waals surface area contributed by atoms with Crippen molar-refractivity contribution in [1.29, 1.82) is 0 Å². The van der Waals surface area contributed by atoms with Crippen LogP contribution in [0.5, 0.6) is 0 Å². The SMILES string of the molecule is CN=C(NCC(OC)C(C)(C)C)NCC1(C(=O)N(C)C)CCCC1.I. The molecule has 25 heavy (non-hydrogen) atoms. The topological polar surface area (TPSA) is 66.0 Å². The summed E-state index contributed by atoms with van der Waals surface area (Å²) in [5, 5.41) is 6.68. The lowest BCUT2D eigenvalue weighted by Gasteiger charge is -2.32. The number of rotatable bonds is 6. The van der Waals surface area contributed by atoms with Crippen LogP contribution < -0.4 is 10.6 Å². The van der Waals surface area contributed by atoms with Crippen molar-refractivity contribution in [3.8, 4) is 0 Å². The Morgan fingerprint density at radius 1 is 1.24 bits per heavy atom. The molecule has 0 aliphatic heterocycles. The fourth-order valence-electron chi connectivity index (χ4n) is 3.40. The lowest BCUT2D eigenvalue weighted by Crippen LogP contribution is -2.51. The Balaban J connectivity index is 0.00000576. The minimum atomic E-state index is -0.300. The van der Waals surface area contributed by atoms with E-state index >= 15 is 0 Å². The van der Waals surface area contributed by atoms with E-state index in [9.17, 15) is 4.79 Å². The van der Waals surface area contributed by atoms with Gasteiger partial charge in [0.15, 0.2) is 5.96 Å². The first-order chi connectivity index (χ1) is 11.2. The summed E-state index contributed by atoms with van der Waals surface area (Å²) in [6.07, 6.45) is 4.19. The zero-order chi connectivity index (χ0) is 18.4. The van der Waals surface area contributed by atoms with Gasteiger partial charge in [0.2, 0.25) is 5.91 Å². The molecule has 1 saturated carbocycles. The van der Waals surface area contributed by atoms with Gasteiger partial charge in [-0.15, -0.1) is 24.0 Å². The van der Waals surface area contributed by atoms with Gasteiger partial charge in [-0.05, 0) is 18.3 Å². The van der Waals surface area contributed by atoms with E-state index < -0.39 is 0 Å². The minimum absolute atomic E-state index is 0. The summed E-state index contributed by atoms with van der Waals surface area (Å²) >= 11 is 0. The van der Waals surface area contributed by atoms with Crippen molar-refractivity contribution < 1.29 is 9.53 Å². The highest BCUT2D eigenvalue weighted by Crippen LogP contribution is 2.38. The maximum Gasteiger partial charge on any atom is 0.230 e. The molecule has 0 radical (unpaired) electrons. The summed E-state index contributed by atoms with van der Waals surface area (Å²) in [4.78, 5) is 18.6. The Morgan fingerprint density at radius 2 is 1.80 bits per heavy atom. The first kappa shape index (κ1) is 24.4. The molecule has 2 N–H and O–H groups in total.